The topological polar surface area (TPSA) is 93.1 Å². The van der Waals surface area contributed by atoms with E-state index < -0.39 is 23.3 Å². The Hall–Kier alpha value is -2.34. The highest BCUT2D eigenvalue weighted by Crippen LogP contribution is 2.22. The van der Waals surface area contributed by atoms with Gasteiger partial charge in [-0.15, -0.1) is 0 Å². The summed E-state index contributed by atoms with van der Waals surface area (Å²) < 4.78 is 0. The molecule has 2 N–H and O–H groups in total. The van der Waals surface area contributed by atoms with E-state index in [1.165, 1.54) is 6.07 Å². The molecule has 0 saturated carbocycles. The van der Waals surface area contributed by atoms with Crippen LogP contribution < -0.4 is 0 Å². The molecule has 0 atom stereocenters. The fraction of sp³-hybridized carbons (Fsp3) is 0.333. The second kappa shape index (κ2) is 8.06. The molecule has 0 aliphatic rings. The summed E-state index contributed by atoms with van der Waals surface area (Å²) in [7, 11) is 0. The minimum Gasteiger partial charge on any atom is -0.478 e. The van der Waals surface area contributed by atoms with Crippen molar-refractivity contribution in [2.45, 2.75) is 26.7 Å². The summed E-state index contributed by atoms with van der Waals surface area (Å²) in [6, 6.07) is 6.50. The van der Waals surface area contributed by atoms with Crippen molar-refractivity contribution in [3.05, 3.63) is 41.2 Å². The molecule has 6 nitrogen and oxygen atoms in total. The maximum Gasteiger partial charge on any atom is 0.376 e. The second-order valence-electron chi connectivity index (χ2n) is 4.44. The van der Waals surface area contributed by atoms with E-state index in [1.54, 1.807) is 25.1 Å². The molecule has 1 aromatic carbocycles. The maximum atomic E-state index is 11.4. The van der Waals surface area contributed by atoms with Crippen LogP contribution >= 0.6 is 0 Å². The largest absolute Gasteiger partial charge is 0.478 e. The predicted molar refractivity (Wildman–Crippen MR) is 75.3 cm³/mol. The number of carboxylic acid groups (broad SMARTS) is 2. The average Bonchev–Trinajstić information content (AvgIpc) is 2.41. The molecule has 114 valence electrons. The van der Waals surface area contributed by atoms with Crippen LogP contribution in [0.25, 0.3) is 5.57 Å². The molecule has 0 unspecified atom stereocenters. The monoisotopic (exact) mass is 294 g/mol. The third-order valence-corrected chi connectivity index (χ3v) is 2.67. The molecule has 0 radical (unpaired) electrons. The summed E-state index contributed by atoms with van der Waals surface area (Å²) in [6.07, 6.45) is 1.53. The van der Waals surface area contributed by atoms with Gasteiger partial charge in [-0.1, -0.05) is 43.2 Å². The van der Waals surface area contributed by atoms with Gasteiger partial charge < -0.3 is 15.1 Å². The van der Waals surface area contributed by atoms with Gasteiger partial charge in [0.15, 0.2) is 0 Å². The summed E-state index contributed by atoms with van der Waals surface area (Å²) in [5.74, 6) is -3.62. The van der Waals surface area contributed by atoms with Gasteiger partial charge in [-0.2, -0.15) is 4.89 Å². The van der Waals surface area contributed by atoms with Gasteiger partial charge in [-0.05, 0) is 18.9 Å². The Labute approximate surface area is 122 Å². The van der Waals surface area contributed by atoms with Gasteiger partial charge >= 0.3 is 11.9 Å². The van der Waals surface area contributed by atoms with Crippen LogP contribution in [0.2, 0.25) is 0 Å². The summed E-state index contributed by atoms with van der Waals surface area (Å²) >= 11 is 0. The van der Waals surface area contributed by atoms with Crippen molar-refractivity contribution in [2.24, 2.45) is 0 Å². The SMILES string of the molecule is CCCCOO/C(C(=O)O)=C(\C(=O)O)c1cccc(C)c1. The summed E-state index contributed by atoms with van der Waals surface area (Å²) in [4.78, 5) is 32.1. The quantitative estimate of drug-likeness (QED) is 0.252. The lowest BCUT2D eigenvalue weighted by Gasteiger charge is -2.10. The lowest BCUT2D eigenvalue weighted by molar-refractivity contribution is -0.263. The number of aliphatic carboxylic acids is 2. The molecule has 1 aromatic rings. The zero-order chi connectivity index (χ0) is 15.8. The number of carboxylic acids is 2. The Morgan fingerprint density at radius 1 is 1.19 bits per heavy atom. The Balaban J connectivity index is 3.16. The van der Waals surface area contributed by atoms with Crippen LogP contribution in [-0.4, -0.2) is 28.8 Å². The van der Waals surface area contributed by atoms with Crippen LogP contribution in [0.1, 0.15) is 30.9 Å². The van der Waals surface area contributed by atoms with Crippen LogP contribution in [-0.2, 0) is 19.4 Å². The summed E-state index contributed by atoms with van der Waals surface area (Å²) in [6.45, 7) is 3.91. The highest BCUT2D eigenvalue weighted by atomic mass is 17.2. The van der Waals surface area contributed by atoms with Crippen molar-refractivity contribution in [2.75, 3.05) is 6.61 Å². The third kappa shape index (κ3) is 4.92. The van der Waals surface area contributed by atoms with Crippen LogP contribution in [0.5, 0.6) is 0 Å². The van der Waals surface area contributed by atoms with E-state index in [9.17, 15) is 14.7 Å². The number of rotatable bonds is 8. The summed E-state index contributed by atoms with van der Waals surface area (Å²) in [5.41, 5.74) is 0.615. The molecule has 21 heavy (non-hydrogen) atoms. The first-order valence-corrected chi connectivity index (χ1v) is 6.54. The van der Waals surface area contributed by atoms with E-state index in [-0.39, 0.29) is 12.2 Å². The highest BCUT2D eigenvalue weighted by Gasteiger charge is 2.25. The number of hydrogen-bond donors (Lipinski definition) is 2. The highest BCUT2D eigenvalue weighted by molar-refractivity contribution is 6.21. The second-order valence-corrected chi connectivity index (χ2v) is 4.44. The van der Waals surface area contributed by atoms with E-state index in [4.69, 9.17) is 14.9 Å². The fourth-order valence-electron chi connectivity index (χ4n) is 1.64. The molecule has 0 aliphatic carbocycles. The van der Waals surface area contributed by atoms with E-state index in [2.05, 4.69) is 0 Å². The number of hydrogen-bond acceptors (Lipinski definition) is 4. The number of benzene rings is 1. The number of unbranched alkanes of at least 4 members (excludes halogenated alkanes) is 1. The van der Waals surface area contributed by atoms with Gasteiger partial charge in [0.1, 0.15) is 5.57 Å². The minimum atomic E-state index is -1.49. The van der Waals surface area contributed by atoms with E-state index in [0.717, 1.165) is 12.0 Å². The molecule has 0 aliphatic heterocycles. The molecule has 1 rings (SSSR count). The summed E-state index contributed by atoms with van der Waals surface area (Å²) in [5, 5.41) is 18.4. The first-order valence-electron chi connectivity index (χ1n) is 6.54. The molecule has 0 bridgehead atoms. The Bertz CT molecular complexity index is 547. The molecule has 6 heteroatoms. The van der Waals surface area contributed by atoms with Crippen molar-refractivity contribution >= 4 is 17.5 Å². The first-order chi connectivity index (χ1) is 9.97. The maximum absolute atomic E-state index is 11.4. The molecular formula is C15H18O6. The van der Waals surface area contributed by atoms with Gasteiger partial charge in [-0.3, -0.25) is 0 Å². The van der Waals surface area contributed by atoms with Gasteiger partial charge in [0.2, 0.25) is 0 Å². The normalized spacial score (nSPS) is 11.7. The smallest absolute Gasteiger partial charge is 0.376 e. The molecule has 0 saturated heterocycles. The molecule has 0 amide bonds. The zero-order valence-corrected chi connectivity index (χ0v) is 12.0. The minimum absolute atomic E-state index is 0.188. The lowest BCUT2D eigenvalue weighted by atomic mass is 10.0. The number of carbonyl (C=O) groups is 2. The van der Waals surface area contributed by atoms with Gasteiger partial charge in [0.05, 0.1) is 6.61 Å². The first kappa shape index (κ1) is 16.7. The van der Waals surface area contributed by atoms with Crippen molar-refractivity contribution in [3.63, 3.8) is 0 Å². The number of aryl methyl sites for hydroxylation is 1. The van der Waals surface area contributed by atoms with Gasteiger partial charge in [0.25, 0.3) is 5.76 Å². The van der Waals surface area contributed by atoms with Crippen LogP contribution in [0.4, 0.5) is 0 Å². The molecule has 0 heterocycles. The Kier molecular flexibility index (Phi) is 6.42. The molecule has 0 aromatic heterocycles. The van der Waals surface area contributed by atoms with E-state index in [1.807, 2.05) is 6.92 Å². The van der Waals surface area contributed by atoms with Crippen molar-refractivity contribution in [1.29, 1.82) is 0 Å². The van der Waals surface area contributed by atoms with Gasteiger partial charge in [-0.25, -0.2) is 9.59 Å². The van der Waals surface area contributed by atoms with Crippen molar-refractivity contribution < 1.29 is 29.6 Å². The van der Waals surface area contributed by atoms with Crippen LogP contribution in [0.3, 0.4) is 0 Å². The third-order valence-electron chi connectivity index (χ3n) is 2.67. The van der Waals surface area contributed by atoms with Gasteiger partial charge in [0, 0.05) is 0 Å². The Morgan fingerprint density at radius 3 is 2.43 bits per heavy atom. The fourth-order valence-corrected chi connectivity index (χ4v) is 1.64. The standard InChI is InChI=1S/C15H18O6/c1-3-4-8-20-21-13(15(18)19)12(14(16)17)11-7-5-6-10(2)9-11/h5-7,9H,3-4,8H2,1-2H3,(H,16,17)(H,18,19)/b13-12-. The predicted octanol–water partition coefficient (Wildman–Crippen LogP) is 2.62. The van der Waals surface area contributed by atoms with E-state index in [0.29, 0.717) is 6.42 Å². The molecular weight excluding hydrogens is 276 g/mol. The van der Waals surface area contributed by atoms with E-state index >= 15 is 0 Å². The molecule has 0 spiro atoms. The Morgan fingerprint density at radius 2 is 1.90 bits per heavy atom. The van der Waals surface area contributed by atoms with Crippen molar-refractivity contribution in [3.8, 4) is 0 Å². The zero-order valence-electron chi connectivity index (χ0n) is 12.0. The lowest BCUT2D eigenvalue weighted by Crippen LogP contribution is -2.14. The average molecular weight is 294 g/mol. The van der Waals surface area contributed by atoms with Crippen molar-refractivity contribution in [1.82, 2.24) is 0 Å². The molecule has 0 fully saturated rings. The van der Waals surface area contributed by atoms with Crippen LogP contribution in [0.15, 0.2) is 30.0 Å². The van der Waals surface area contributed by atoms with Crippen LogP contribution in [0, 0.1) is 6.92 Å².